The molecule has 4 heterocycles. The Kier molecular flexibility index (Phi) is 2.47. The summed E-state index contributed by atoms with van der Waals surface area (Å²) >= 11 is 0. The SMILES string of the molecule is Fc1cnc2c(c1)[C@@H]1Cc3c([nH]c4ccccc34)CN1CC2. The second kappa shape index (κ2) is 4.40. The molecule has 5 rings (SSSR count). The number of halogens is 1. The first-order chi connectivity index (χ1) is 10.8. The summed E-state index contributed by atoms with van der Waals surface area (Å²) in [6, 6.07) is 10.4. The van der Waals surface area contributed by atoms with Gasteiger partial charge in [-0.25, -0.2) is 4.39 Å². The van der Waals surface area contributed by atoms with E-state index in [1.165, 1.54) is 28.4 Å². The second-order valence-electron chi connectivity index (χ2n) is 6.26. The van der Waals surface area contributed by atoms with Crippen LogP contribution in [0.1, 0.15) is 28.6 Å². The number of benzene rings is 1. The fraction of sp³-hybridized carbons (Fsp3) is 0.278. The van der Waals surface area contributed by atoms with E-state index < -0.39 is 0 Å². The molecule has 0 amide bonds. The number of rotatable bonds is 0. The number of hydrogen-bond acceptors (Lipinski definition) is 2. The Hall–Kier alpha value is -2.20. The number of fused-ring (bicyclic) bond motifs is 6. The van der Waals surface area contributed by atoms with Crippen molar-refractivity contribution in [2.24, 2.45) is 0 Å². The van der Waals surface area contributed by atoms with E-state index in [4.69, 9.17) is 0 Å². The molecule has 0 radical (unpaired) electrons. The van der Waals surface area contributed by atoms with E-state index in [9.17, 15) is 4.39 Å². The van der Waals surface area contributed by atoms with Crippen LogP contribution in [0.5, 0.6) is 0 Å². The number of para-hydroxylation sites is 1. The number of H-pyrrole nitrogens is 1. The third-order valence-corrected chi connectivity index (χ3v) is 5.07. The molecule has 2 aromatic heterocycles. The van der Waals surface area contributed by atoms with Gasteiger partial charge >= 0.3 is 0 Å². The lowest BCUT2D eigenvalue weighted by molar-refractivity contribution is 0.157. The molecular weight excluding hydrogens is 277 g/mol. The van der Waals surface area contributed by atoms with Crippen molar-refractivity contribution in [2.75, 3.05) is 6.54 Å². The van der Waals surface area contributed by atoms with Crippen LogP contribution in [0.2, 0.25) is 0 Å². The Bertz CT molecular complexity index is 883. The Morgan fingerprint density at radius 2 is 2.18 bits per heavy atom. The van der Waals surface area contributed by atoms with Gasteiger partial charge in [0.2, 0.25) is 0 Å². The van der Waals surface area contributed by atoms with E-state index in [-0.39, 0.29) is 11.9 Å². The smallest absolute Gasteiger partial charge is 0.141 e. The van der Waals surface area contributed by atoms with Crippen LogP contribution in [0.4, 0.5) is 4.39 Å². The summed E-state index contributed by atoms with van der Waals surface area (Å²) in [5.74, 6) is -0.231. The predicted octanol–water partition coefficient (Wildman–Crippen LogP) is 3.36. The van der Waals surface area contributed by atoms with E-state index in [1.54, 1.807) is 6.07 Å². The number of nitrogens with one attached hydrogen (secondary N) is 1. The molecule has 2 aliphatic rings. The number of nitrogens with zero attached hydrogens (tertiary/aromatic N) is 2. The van der Waals surface area contributed by atoms with Crippen LogP contribution in [0.25, 0.3) is 10.9 Å². The Morgan fingerprint density at radius 1 is 1.27 bits per heavy atom. The highest BCUT2D eigenvalue weighted by Gasteiger charge is 2.34. The molecule has 22 heavy (non-hydrogen) atoms. The van der Waals surface area contributed by atoms with Crippen molar-refractivity contribution in [1.29, 1.82) is 0 Å². The fourth-order valence-corrected chi connectivity index (χ4v) is 4.03. The highest BCUT2D eigenvalue weighted by molar-refractivity contribution is 5.85. The largest absolute Gasteiger partial charge is 0.357 e. The average Bonchev–Trinajstić information content (AvgIpc) is 2.90. The van der Waals surface area contributed by atoms with Gasteiger partial charge in [-0.05, 0) is 29.7 Å². The van der Waals surface area contributed by atoms with Crippen LogP contribution in [0, 0.1) is 5.82 Å². The van der Waals surface area contributed by atoms with Gasteiger partial charge in [-0.15, -0.1) is 0 Å². The molecule has 0 unspecified atom stereocenters. The summed E-state index contributed by atoms with van der Waals surface area (Å²) in [6.07, 6.45) is 3.17. The van der Waals surface area contributed by atoms with Crippen LogP contribution in [0.15, 0.2) is 36.5 Å². The molecule has 1 atom stereocenters. The van der Waals surface area contributed by atoms with Gasteiger partial charge < -0.3 is 4.98 Å². The van der Waals surface area contributed by atoms with Crippen LogP contribution in [0.3, 0.4) is 0 Å². The van der Waals surface area contributed by atoms with Crippen molar-refractivity contribution in [2.45, 2.75) is 25.4 Å². The van der Waals surface area contributed by atoms with Crippen LogP contribution in [-0.4, -0.2) is 21.4 Å². The molecule has 0 bridgehead atoms. The summed E-state index contributed by atoms with van der Waals surface area (Å²) in [4.78, 5) is 10.3. The summed E-state index contributed by atoms with van der Waals surface area (Å²) < 4.78 is 13.7. The van der Waals surface area contributed by atoms with Crippen LogP contribution >= 0.6 is 0 Å². The molecule has 1 aromatic carbocycles. The second-order valence-corrected chi connectivity index (χ2v) is 6.26. The van der Waals surface area contributed by atoms with Crippen LogP contribution < -0.4 is 0 Å². The first kappa shape index (κ1) is 12.4. The monoisotopic (exact) mass is 293 g/mol. The minimum Gasteiger partial charge on any atom is -0.357 e. The van der Waals surface area contributed by atoms with E-state index in [0.29, 0.717) is 0 Å². The summed E-state index contributed by atoms with van der Waals surface area (Å²) in [5.41, 5.74) is 6.03. The number of hydrogen-bond donors (Lipinski definition) is 1. The Labute approximate surface area is 127 Å². The fourth-order valence-electron chi connectivity index (χ4n) is 4.03. The molecule has 0 spiro atoms. The van der Waals surface area contributed by atoms with E-state index in [2.05, 4.69) is 39.1 Å². The zero-order valence-corrected chi connectivity index (χ0v) is 12.1. The average molecular weight is 293 g/mol. The maximum Gasteiger partial charge on any atom is 0.141 e. The predicted molar refractivity (Wildman–Crippen MR) is 83.1 cm³/mol. The highest BCUT2D eigenvalue weighted by Crippen LogP contribution is 2.39. The normalized spacial score (nSPS) is 20.5. The van der Waals surface area contributed by atoms with Gasteiger partial charge in [-0.1, -0.05) is 18.2 Å². The number of aromatic nitrogens is 2. The van der Waals surface area contributed by atoms with Crippen LogP contribution in [-0.2, 0) is 19.4 Å². The van der Waals surface area contributed by atoms with Gasteiger partial charge in [0.15, 0.2) is 0 Å². The topological polar surface area (TPSA) is 31.9 Å². The van der Waals surface area contributed by atoms with Crippen molar-refractivity contribution in [3.63, 3.8) is 0 Å². The van der Waals surface area contributed by atoms with Crippen molar-refractivity contribution in [3.8, 4) is 0 Å². The summed E-state index contributed by atoms with van der Waals surface area (Å²) in [5, 5.41) is 1.30. The third kappa shape index (κ3) is 1.67. The van der Waals surface area contributed by atoms with E-state index >= 15 is 0 Å². The van der Waals surface area contributed by atoms with Gasteiger partial charge in [-0.3, -0.25) is 9.88 Å². The van der Waals surface area contributed by atoms with Crippen molar-refractivity contribution in [3.05, 3.63) is 64.9 Å². The summed E-state index contributed by atoms with van der Waals surface area (Å²) in [7, 11) is 0. The van der Waals surface area contributed by atoms with E-state index in [0.717, 1.165) is 37.2 Å². The minimum atomic E-state index is -0.231. The van der Waals surface area contributed by atoms with Crippen molar-refractivity contribution >= 4 is 10.9 Å². The maximum atomic E-state index is 13.7. The lowest BCUT2D eigenvalue weighted by atomic mass is 9.87. The van der Waals surface area contributed by atoms with Gasteiger partial charge in [0.1, 0.15) is 5.82 Å². The van der Waals surface area contributed by atoms with E-state index in [1.807, 2.05) is 0 Å². The lowest BCUT2D eigenvalue weighted by Gasteiger charge is -2.40. The van der Waals surface area contributed by atoms with Gasteiger partial charge in [0, 0.05) is 47.8 Å². The zero-order valence-electron chi connectivity index (χ0n) is 12.1. The van der Waals surface area contributed by atoms with Crippen molar-refractivity contribution < 1.29 is 4.39 Å². The molecule has 3 nitrogen and oxygen atoms in total. The molecule has 2 aliphatic heterocycles. The number of pyridine rings is 1. The summed E-state index contributed by atoms with van der Waals surface area (Å²) in [6.45, 7) is 1.90. The zero-order chi connectivity index (χ0) is 14.7. The molecule has 0 saturated carbocycles. The lowest BCUT2D eigenvalue weighted by Crippen LogP contribution is -2.39. The molecule has 0 saturated heterocycles. The Morgan fingerprint density at radius 3 is 3.14 bits per heavy atom. The molecule has 110 valence electrons. The molecular formula is C18H16FN3. The highest BCUT2D eigenvalue weighted by atomic mass is 19.1. The molecule has 4 heteroatoms. The molecule has 0 fully saturated rings. The standard InChI is InChI=1S/C18H16FN3/c19-11-7-14-15(20-9-11)5-6-22-10-17-13(8-18(14)22)12-3-1-2-4-16(12)21-17/h1-4,7,9,18,21H,5-6,8,10H2/t18-/m0/s1. The maximum absolute atomic E-state index is 13.7. The van der Waals surface area contributed by atoms with Gasteiger partial charge in [0.25, 0.3) is 0 Å². The minimum absolute atomic E-state index is 0.231. The van der Waals surface area contributed by atoms with Crippen molar-refractivity contribution in [1.82, 2.24) is 14.9 Å². The first-order valence-electron chi connectivity index (χ1n) is 7.76. The molecule has 3 aromatic rings. The molecule has 1 N–H and O–H groups in total. The Balaban J connectivity index is 1.66. The molecule has 0 aliphatic carbocycles. The third-order valence-electron chi connectivity index (χ3n) is 5.07. The number of aromatic amines is 1. The van der Waals surface area contributed by atoms with Gasteiger partial charge in [0.05, 0.1) is 6.20 Å². The van der Waals surface area contributed by atoms with Gasteiger partial charge in [-0.2, -0.15) is 0 Å². The first-order valence-corrected chi connectivity index (χ1v) is 7.76. The quantitative estimate of drug-likeness (QED) is 0.689.